The Labute approximate surface area is 294 Å². The van der Waals surface area contributed by atoms with Gasteiger partial charge in [0.2, 0.25) is 0 Å². The molecular weight excluding hydrogens is 617 g/mol. The molecule has 10 aromatic carbocycles. The molecule has 0 N–H and O–H groups in total. The average Bonchev–Trinajstić information content (AvgIpc) is 3.56. The maximum Gasteiger partial charge on any atom is 0.143 e. The van der Waals surface area contributed by atoms with Crippen LogP contribution in [0.5, 0.6) is 0 Å². The first kappa shape index (κ1) is 28.2. The normalized spacial score (nSPS) is 11.9. The van der Waals surface area contributed by atoms with E-state index < -0.39 is 0 Å². The SMILES string of the molecule is c1ccc2cc(-c3c4ccccc4c(-c4ccc5ccccc5c4)c4cc(-c5c6ccccc6cc6c5oc5ccccc56)ccc34)ccc2c1. The minimum Gasteiger partial charge on any atom is -0.455 e. The van der Waals surface area contributed by atoms with E-state index in [0.717, 1.165) is 33.1 Å². The minimum atomic E-state index is 0.909. The summed E-state index contributed by atoms with van der Waals surface area (Å²) in [4.78, 5) is 0. The fourth-order valence-electron chi connectivity index (χ4n) is 8.45. The standard InChI is InChI=1S/C50H30O/c1-3-13-33-27-36(23-21-31(33)11-1)47-41-18-7-8-19-42(41)48(37-24-22-32-12-2-4-14-34(32)28-37)44-30-38(25-26-43(44)47)49-39-16-6-5-15-35(39)29-45-40-17-9-10-20-46(40)51-50(45)49/h1-30H. The molecule has 51 heavy (non-hydrogen) atoms. The summed E-state index contributed by atoms with van der Waals surface area (Å²) in [5, 5.41) is 14.6. The van der Waals surface area contributed by atoms with Crippen LogP contribution in [0.15, 0.2) is 186 Å². The second-order valence-electron chi connectivity index (χ2n) is 13.6. The molecular formula is C50H30O. The van der Waals surface area contributed by atoms with Gasteiger partial charge in [0.15, 0.2) is 0 Å². The smallest absolute Gasteiger partial charge is 0.143 e. The van der Waals surface area contributed by atoms with Crippen LogP contribution in [-0.4, -0.2) is 0 Å². The molecule has 0 aliphatic heterocycles. The topological polar surface area (TPSA) is 13.1 Å². The van der Waals surface area contributed by atoms with Gasteiger partial charge < -0.3 is 4.42 Å². The molecule has 11 aromatic rings. The Bertz CT molecular complexity index is 3200. The highest BCUT2D eigenvalue weighted by molar-refractivity contribution is 6.24. The van der Waals surface area contributed by atoms with Crippen molar-refractivity contribution in [3.8, 4) is 33.4 Å². The van der Waals surface area contributed by atoms with Crippen molar-refractivity contribution >= 4 is 75.8 Å². The van der Waals surface area contributed by atoms with Crippen molar-refractivity contribution in [2.24, 2.45) is 0 Å². The number of para-hydroxylation sites is 1. The van der Waals surface area contributed by atoms with E-state index in [1.165, 1.54) is 76.1 Å². The van der Waals surface area contributed by atoms with Crippen LogP contribution in [0.25, 0.3) is 109 Å². The van der Waals surface area contributed by atoms with Gasteiger partial charge in [0.05, 0.1) is 0 Å². The molecule has 236 valence electrons. The number of rotatable bonds is 3. The maximum atomic E-state index is 6.73. The molecule has 0 saturated heterocycles. The van der Waals surface area contributed by atoms with Crippen molar-refractivity contribution in [1.82, 2.24) is 0 Å². The highest BCUT2D eigenvalue weighted by Gasteiger charge is 2.21. The van der Waals surface area contributed by atoms with Crippen LogP contribution in [0.2, 0.25) is 0 Å². The van der Waals surface area contributed by atoms with Crippen molar-refractivity contribution in [2.75, 3.05) is 0 Å². The first-order valence-corrected chi connectivity index (χ1v) is 17.6. The third kappa shape index (κ3) is 4.28. The van der Waals surface area contributed by atoms with Crippen molar-refractivity contribution in [2.45, 2.75) is 0 Å². The zero-order valence-electron chi connectivity index (χ0n) is 27.7. The molecule has 0 aliphatic carbocycles. The van der Waals surface area contributed by atoms with E-state index in [-0.39, 0.29) is 0 Å². The molecule has 0 aliphatic rings. The molecule has 0 bridgehead atoms. The van der Waals surface area contributed by atoms with E-state index in [4.69, 9.17) is 4.42 Å². The average molecular weight is 647 g/mol. The van der Waals surface area contributed by atoms with Crippen LogP contribution in [0.3, 0.4) is 0 Å². The number of furan rings is 1. The Morgan fingerprint density at radius 1 is 0.255 bits per heavy atom. The third-order valence-corrected chi connectivity index (χ3v) is 10.8. The second-order valence-corrected chi connectivity index (χ2v) is 13.6. The molecule has 1 nitrogen and oxygen atoms in total. The summed E-state index contributed by atoms with van der Waals surface area (Å²) in [7, 11) is 0. The molecule has 1 aromatic heterocycles. The minimum absolute atomic E-state index is 0.909. The molecule has 0 radical (unpaired) electrons. The van der Waals surface area contributed by atoms with Crippen molar-refractivity contribution in [3.05, 3.63) is 182 Å². The lowest BCUT2D eigenvalue weighted by molar-refractivity contribution is 0.670. The highest BCUT2D eigenvalue weighted by Crippen LogP contribution is 2.47. The van der Waals surface area contributed by atoms with E-state index in [1.54, 1.807) is 0 Å². The molecule has 0 amide bonds. The van der Waals surface area contributed by atoms with Crippen molar-refractivity contribution in [3.63, 3.8) is 0 Å². The summed E-state index contributed by atoms with van der Waals surface area (Å²) in [6, 6.07) is 66.5. The summed E-state index contributed by atoms with van der Waals surface area (Å²) in [6.07, 6.45) is 0. The van der Waals surface area contributed by atoms with Crippen LogP contribution in [0, 0.1) is 0 Å². The summed E-state index contributed by atoms with van der Waals surface area (Å²) in [5.74, 6) is 0. The van der Waals surface area contributed by atoms with Crippen LogP contribution >= 0.6 is 0 Å². The lowest BCUT2D eigenvalue weighted by Gasteiger charge is -2.19. The van der Waals surface area contributed by atoms with Gasteiger partial charge in [-0.3, -0.25) is 0 Å². The zero-order valence-corrected chi connectivity index (χ0v) is 27.7. The molecule has 0 fully saturated rings. The Hall–Kier alpha value is -6.70. The number of hydrogen-bond acceptors (Lipinski definition) is 1. The van der Waals surface area contributed by atoms with Gasteiger partial charge in [0, 0.05) is 16.3 Å². The zero-order chi connectivity index (χ0) is 33.5. The van der Waals surface area contributed by atoms with Gasteiger partial charge >= 0.3 is 0 Å². The third-order valence-electron chi connectivity index (χ3n) is 10.8. The van der Waals surface area contributed by atoms with Crippen LogP contribution < -0.4 is 0 Å². The summed E-state index contributed by atoms with van der Waals surface area (Å²) in [5.41, 5.74) is 9.05. The van der Waals surface area contributed by atoms with Crippen LogP contribution in [0.1, 0.15) is 0 Å². The predicted molar refractivity (Wildman–Crippen MR) is 218 cm³/mol. The lowest BCUT2D eigenvalue weighted by Crippen LogP contribution is -1.92. The van der Waals surface area contributed by atoms with Gasteiger partial charge in [-0.1, -0.05) is 152 Å². The Kier molecular flexibility index (Phi) is 6.02. The van der Waals surface area contributed by atoms with E-state index in [2.05, 4.69) is 182 Å². The van der Waals surface area contributed by atoms with Crippen molar-refractivity contribution < 1.29 is 4.42 Å². The number of fused-ring (bicyclic) bond motifs is 8. The molecule has 1 heterocycles. The fraction of sp³-hybridized carbons (Fsp3) is 0. The lowest BCUT2D eigenvalue weighted by atomic mass is 9.83. The second kappa shape index (κ2) is 10.9. The first-order chi connectivity index (χ1) is 25.3. The van der Waals surface area contributed by atoms with Gasteiger partial charge in [0.1, 0.15) is 11.2 Å². The predicted octanol–water partition coefficient (Wildman–Crippen LogP) is 14.4. The van der Waals surface area contributed by atoms with E-state index in [1.807, 2.05) is 0 Å². The molecule has 0 saturated carbocycles. The molecule has 0 unspecified atom stereocenters. The summed E-state index contributed by atoms with van der Waals surface area (Å²) < 4.78 is 6.73. The Morgan fingerprint density at radius 2 is 0.725 bits per heavy atom. The van der Waals surface area contributed by atoms with Crippen LogP contribution in [-0.2, 0) is 0 Å². The summed E-state index contributed by atoms with van der Waals surface area (Å²) in [6.45, 7) is 0. The fourth-order valence-corrected chi connectivity index (χ4v) is 8.45. The highest BCUT2D eigenvalue weighted by atomic mass is 16.3. The quantitative estimate of drug-likeness (QED) is 0.174. The molecule has 0 spiro atoms. The van der Waals surface area contributed by atoms with E-state index in [9.17, 15) is 0 Å². The van der Waals surface area contributed by atoms with Crippen molar-refractivity contribution in [1.29, 1.82) is 0 Å². The van der Waals surface area contributed by atoms with Crippen LogP contribution in [0.4, 0.5) is 0 Å². The molecule has 1 heteroatoms. The Morgan fingerprint density at radius 3 is 1.39 bits per heavy atom. The van der Waals surface area contributed by atoms with E-state index in [0.29, 0.717) is 0 Å². The molecule has 0 atom stereocenters. The van der Waals surface area contributed by atoms with Gasteiger partial charge in [0.25, 0.3) is 0 Å². The van der Waals surface area contributed by atoms with Gasteiger partial charge in [-0.2, -0.15) is 0 Å². The Balaban J connectivity index is 1.30. The maximum absolute atomic E-state index is 6.73. The number of hydrogen-bond donors (Lipinski definition) is 0. The largest absolute Gasteiger partial charge is 0.455 e. The summed E-state index contributed by atoms with van der Waals surface area (Å²) >= 11 is 0. The first-order valence-electron chi connectivity index (χ1n) is 17.6. The van der Waals surface area contributed by atoms with Gasteiger partial charge in [-0.15, -0.1) is 0 Å². The molecule has 11 rings (SSSR count). The monoisotopic (exact) mass is 646 g/mol. The van der Waals surface area contributed by atoms with Gasteiger partial charge in [-0.25, -0.2) is 0 Å². The van der Waals surface area contributed by atoms with Gasteiger partial charge in [-0.05, 0) is 112 Å². The number of benzene rings is 10. The van der Waals surface area contributed by atoms with E-state index >= 15 is 0 Å².